The highest BCUT2D eigenvalue weighted by molar-refractivity contribution is 5.85. The molecule has 0 radical (unpaired) electrons. The molecule has 1 aromatic carbocycles. The lowest BCUT2D eigenvalue weighted by molar-refractivity contribution is -0.121. The van der Waals surface area contributed by atoms with E-state index in [1.54, 1.807) is 7.11 Å². The van der Waals surface area contributed by atoms with Gasteiger partial charge in [-0.25, -0.2) is 0 Å². The van der Waals surface area contributed by atoms with Gasteiger partial charge in [0.2, 0.25) is 5.91 Å². The minimum absolute atomic E-state index is 0. The smallest absolute Gasteiger partial charge is 0.220 e. The quantitative estimate of drug-likeness (QED) is 0.808. The number of nitrogens with one attached hydrogen (secondary N) is 1. The second kappa shape index (κ2) is 8.12. The molecule has 2 rings (SSSR count). The molecule has 20 heavy (non-hydrogen) atoms. The van der Waals surface area contributed by atoms with Crippen LogP contribution in [-0.4, -0.2) is 25.6 Å². The van der Waals surface area contributed by atoms with E-state index in [1.165, 1.54) is 12.8 Å². The van der Waals surface area contributed by atoms with Gasteiger partial charge in [0.25, 0.3) is 0 Å². The van der Waals surface area contributed by atoms with Gasteiger partial charge in [-0.2, -0.15) is 0 Å². The summed E-state index contributed by atoms with van der Waals surface area (Å²) in [5.41, 5.74) is 7.01. The van der Waals surface area contributed by atoms with Crippen LogP contribution in [0.4, 0.5) is 0 Å². The number of carbonyl (C=O) groups excluding carboxylic acids is 1. The summed E-state index contributed by atoms with van der Waals surface area (Å²) in [7, 11) is 1.65. The lowest BCUT2D eigenvalue weighted by Crippen LogP contribution is -2.38. The van der Waals surface area contributed by atoms with Crippen LogP contribution in [0.2, 0.25) is 0 Å². The van der Waals surface area contributed by atoms with Crippen LogP contribution in [0.25, 0.3) is 0 Å². The molecule has 1 fully saturated rings. The molecule has 1 amide bonds. The van der Waals surface area contributed by atoms with E-state index in [4.69, 9.17) is 10.5 Å². The summed E-state index contributed by atoms with van der Waals surface area (Å²) < 4.78 is 5.26. The van der Waals surface area contributed by atoms with Gasteiger partial charge in [0.15, 0.2) is 0 Å². The van der Waals surface area contributed by atoms with Gasteiger partial charge in [-0.1, -0.05) is 18.2 Å². The summed E-state index contributed by atoms with van der Waals surface area (Å²) in [5.74, 6) is 1.52. The van der Waals surface area contributed by atoms with Gasteiger partial charge in [-0.3, -0.25) is 4.79 Å². The maximum absolute atomic E-state index is 11.8. The van der Waals surface area contributed by atoms with Crippen LogP contribution in [-0.2, 0) is 11.2 Å². The van der Waals surface area contributed by atoms with Crippen molar-refractivity contribution in [3.8, 4) is 5.75 Å². The minimum atomic E-state index is 0. The van der Waals surface area contributed by atoms with E-state index in [-0.39, 0.29) is 24.4 Å². The van der Waals surface area contributed by atoms with Crippen LogP contribution >= 0.6 is 12.4 Å². The highest BCUT2D eigenvalue weighted by Crippen LogP contribution is 2.31. The first-order valence-electron chi connectivity index (χ1n) is 6.85. The van der Waals surface area contributed by atoms with Gasteiger partial charge >= 0.3 is 0 Å². The van der Waals surface area contributed by atoms with Crippen LogP contribution in [0.5, 0.6) is 5.75 Å². The monoisotopic (exact) mass is 298 g/mol. The molecule has 0 aliphatic heterocycles. The SMILES string of the molecule is COc1ccccc1CCC(=O)NCC(N)C1CC1.Cl. The van der Waals surface area contributed by atoms with Crippen molar-refractivity contribution in [3.05, 3.63) is 29.8 Å². The predicted octanol–water partition coefficient (Wildman–Crippen LogP) is 1.90. The number of aryl methyl sites for hydroxylation is 1. The molecule has 0 aromatic heterocycles. The maximum Gasteiger partial charge on any atom is 0.220 e. The van der Waals surface area contributed by atoms with E-state index in [9.17, 15) is 4.79 Å². The molecule has 112 valence electrons. The van der Waals surface area contributed by atoms with Crippen molar-refractivity contribution in [1.29, 1.82) is 0 Å². The standard InChI is InChI=1S/C15H22N2O2.ClH/c1-19-14-5-3-2-4-12(14)8-9-15(18)17-10-13(16)11-6-7-11;/h2-5,11,13H,6-10,16H2,1H3,(H,17,18);1H. The van der Waals surface area contributed by atoms with E-state index in [2.05, 4.69) is 5.32 Å². The summed E-state index contributed by atoms with van der Waals surface area (Å²) in [6.45, 7) is 0.593. The van der Waals surface area contributed by atoms with Crippen molar-refractivity contribution >= 4 is 18.3 Å². The number of hydrogen-bond donors (Lipinski definition) is 2. The van der Waals surface area contributed by atoms with Crippen LogP contribution in [0.1, 0.15) is 24.8 Å². The zero-order valence-corrected chi connectivity index (χ0v) is 12.6. The van der Waals surface area contributed by atoms with Gasteiger partial charge in [-0.15, -0.1) is 12.4 Å². The number of hydrogen-bond acceptors (Lipinski definition) is 3. The molecule has 1 saturated carbocycles. The number of amides is 1. The van der Waals surface area contributed by atoms with Crippen molar-refractivity contribution in [2.75, 3.05) is 13.7 Å². The Kier molecular flexibility index (Phi) is 6.82. The molecule has 0 saturated heterocycles. The minimum Gasteiger partial charge on any atom is -0.496 e. The van der Waals surface area contributed by atoms with E-state index in [0.717, 1.165) is 11.3 Å². The van der Waals surface area contributed by atoms with Crippen molar-refractivity contribution in [2.45, 2.75) is 31.7 Å². The number of halogens is 1. The highest BCUT2D eigenvalue weighted by atomic mass is 35.5. The van der Waals surface area contributed by atoms with Crippen molar-refractivity contribution in [1.82, 2.24) is 5.32 Å². The Morgan fingerprint density at radius 3 is 2.80 bits per heavy atom. The fourth-order valence-electron chi connectivity index (χ4n) is 2.17. The normalized spacial score (nSPS) is 15.1. The molecule has 1 aliphatic rings. The molecule has 1 atom stereocenters. The molecule has 0 heterocycles. The Bertz CT molecular complexity index is 436. The molecule has 1 aliphatic carbocycles. The molecule has 0 bridgehead atoms. The lowest BCUT2D eigenvalue weighted by atomic mass is 10.1. The summed E-state index contributed by atoms with van der Waals surface area (Å²) in [6.07, 6.45) is 3.57. The van der Waals surface area contributed by atoms with Gasteiger partial charge in [0.1, 0.15) is 5.75 Å². The average Bonchev–Trinajstić information content (AvgIpc) is 3.27. The number of ether oxygens (including phenoxy) is 1. The molecule has 3 N–H and O–H groups in total. The Labute approximate surface area is 126 Å². The van der Waals surface area contributed by atoms with Crippen molar-refractivity contribution < 1.29 is 9.53 Å². The third-order valence-electron chi connectivity index (χ3n) is 3.58. The Balaban J connectivity index is 0.00000200. The largest absolute Gasteiger partial charge is 0.496 e. The molecule has 5 heteroatoms. The predicted molar refractivity (Wildman–Crippen MR) is 82.3 cm³/mol. The van der Waals surface area contributed by atoms with Gasteiger partial charge in [-0.05, 0) is 36.8 Å². The van der Waals surface area contributed by atoms with Crippen LogP contribution in [0.15, 0.2) is 24.3 Å². The second-order valence-corrected chi connectivity index (χ2v) is 5.12. The van der Waals surface area contributed by atoms with E-state index < -0.39 is 0 Å². The van der Waals surface area contributed by atoms with Crippen molar-refractivity contribution in [2.24, 2.45) is 11.7 Å². The fourth-order valence-corrected chi connectivity index (χ4v) is 2.17. The second-order valence-electron chi connectivity index (χ2n) is 5.12. The molecule has 1 unspecified atom stereocenters. The number of carbonyl (C=O) groups is 1. The molecule has 1 aromatic rings. The third kappa shape index (κ3) is 5.02. The molecule has 4 nitrogen and oxygen atoms in total. The average molecular weight is 299 g/mol. The third-order valence-corrected chi connectivity index (χ3v) is 3.58. The first-order valence-corrected chi connectivity index (χ1v) is 6.85. The molecular formula is C15H23ClN2O2. The van der Waals surface area contributed by atoms with Gasteiger partial charge in [0, 0.05) is 19.0 Å². The van der Waals surface area contributed by atoms with E-state index in [1.807, 2.05) is 24.3 Å². The van der Waals surface area contributed by atoms with Crippen LogP contribution in [0.3, 0.4) is 0 Å². The highest BCUT2D eigenvalue weighted by Gasteiger charge is 2.28. The lowest BCUT2D eigenvalue weighted by Gasteiger charge is -2.12. The Morgan fingerprint density at radius 2 is 2.15 bits per heavy atom. The number of nitrogens with two attached hydrogens (primary N) is 1. The zero-order valence-electron chi connectivity index (χ0n) is 11.8. The van der Waals surface area contributed by atoms with Gasteiger partial charge in [0.05, 0.1) is 7.11 Å². The maximum atomic E-state index is 11.8. The van der Waals surface area contributed by atoms with Crippen molar-refractivity contribution in [3.63, 3.8) is 0 Å². The van der Waals surface area contributed by atoms with E-state index >= 15 is 0 Å². The number of methoxy groups -OCH3 is 1. The zero-order chi connectivity index (χ0) is 13.7. The summed E-state index contributed by atoms with van der Waals surface area (Å²) in [6, 6.07) is 7.91. The first kappa shape index (κ1) is 16.8. The van der Waals surface area contributed by atoms with Crippen LogP contribution < -0.4 is 15.8 Å². The van der Waals surface area contributed by atoms with Crippen LogP contribution in [0, 0.1) is 5.92 Å². The number of rotatable bonds is 7. The Morgan fingerprint density at radius 1 is 1.45 bits per heavy atom. The van der Waals surface area contributed by atoms with E-state index in [0.29, 0.717) is 25.3 Å². The summed E-state index contributed by atoms with van der Waals surface area (Å²) >= 11 is 0. The topological polar surface area (TPSA) is 64.3 Å². The molecular weight excluding hydrogens is 276 g/mol. The first-order chi connectivity index (χ1) is 9.20. The number of benzene rings is 1. The fraction of sp³-hybridized carbons (Fsp3) is 0.533. The number of para-hydroxylation sites is 1. The molecule has 0 spiro atoms. The Hall–Kier alpha value is -1.26. The van der Waals surface area contributed by atoms with Gasteiger partial charge < -0.3 is 15.8 Å². The summed E-state index contributed by atoms with van der Waals surface area (Å²) in [4.78, 5) is 11.8. The summed E-state index contributed by atoms with van der Waals surface area (Å²) in [5, 5.41) is 2.91.